The second-order valence-electron chi connectivity index (χ2n) is 8.66. The van der Waals surface area contributed by atoms with Crippen molar-refractivity contribution in [1.82, 2.24) is 0 Å². The van der Waals surface area contributed by atoms with Crippen molar-refractivity contribution < 1.29 is 37.5 Å². The van der Waals surface area contributed by atoms with Gasteiger partial charge in [-0.05, 0) is 85.5 Å². The number of aliphatic hydroxyl groups excluding tert-OH is 1. The normalized spacial score (nSPS) is 13.6. The van der Waals surface area contributed by atoms with Gasteiger partial charge >= 0.3 is 12.1 Å². The topological polar surface area (TPSA) is 101 Å². The summed E-state index contributed by atoms with van der Waals surface area (Å²) >= 11 is 0. The number of nitro benzene ring substituents is 1. The van der Waals surface area contributed by atoms with E-state index >= 15 is 0 Å². The van der Waals surface area contributed by atoms with E-state index in [1.165, 1.54) is 48.5 Å². The Morgan fingerprint density at radius 2 is 1.54 bits per heavy atom. The average Bonchev–Trinajstić information content (AvgIpc) is 2.87. The summed E-state index contributed by atoms with van der Waals surface area (Å²) in [7, 11) is 0. The number of hydrogen-bond donors (Lipinski definition) is 2. The number of carboxylic acid groups (broad SMARTS) is 1. The van der Waals surface area contributed by atoms with Crippen LogP contribution < -0.4 is 0 Å². The minimum absolute atomic E-state index is 0.0553. The summed E-state index contributed by atoms with van der Waals surface area (Å²) in [6.45, 7) is 0. The zero-order chi connectivity index (χ0) is 27.2. The fourth-order valence-corrected chi connectivity index (χ4v) is 4.24. The second kappa shape index (κ2) is 12.0. The van der Waals surface area contributed by atoms with Crippen molar-refractivity contribution in [3.05, 3.63) is 110 Å². The van der Waals surface area contributed by atoms with Crippen LogP contribution in [0.25, 0.3) is 0 Å². The highest BCUT2D eigenvalue weighted by atomic mass is 19.4. The molecule has 0 amide bonds. The lowest BCUT2D eigenvalue weighted by Crippen LogP contribution is -2.12. The largest absolute Gasteiger partial charge is 0.478 e. The van der Waals surface area contributed by atoms with Gasteiger partial charge in [-0.25, -0.2) is 9.18 Å². The molecule has 0 fully saturated rings. The summed E-state index contributed by atoms with van der Waals surface area (Å²) in [4.78, 5) is 21.4. The molecule has 0 saturated carbocycles. The summed E-state index contributed by atoms with van der Waals surface area (Å²) in [6.07, 6.45) is -1.30. The minimum atomic E-state index is -4.34. The number of aliphatic hydroxyl groups is 1. The van der Waals surface area contributed by atoms with Crippen LogP contribution in [0.3, 0.4) is 0 Å². The van der Waals surface area contributed by atoms with Crippen molar-refractivity contribution >= 4 is 11.7 Å². The van der Waals surface area contributed by atoms with Crippen molar-refractivity contribution in [2.75, 3.05) is 0 Å². The number of carbonyl (C=O) groups is 1. The van der Waals surface area contributed by atoms with Crippen LogP contribution in [0.5, 0.6) is 0 Å². The average molecular weight is 519 g/mol. The van der Waals surface area contributed by atoms with Crippen LogP contribution in [-0.2, 0) is 25.4 Å². The van der Waals surface area contributed by atoms with Crippen LogP contribution in [-0.4, -0.2) is 21.1 Å². The van der Waals surface area contributed by atoms with Crippen molar-refractivity contribution in [3.8, 4) is 0 Å². The molecule has 0 heterocycles. The Hall–Kier alpha value is -3.79. The Bertz CT molecular complexity index is 1200. The fourth-order valence-electron chi connectivity index (χ4n) is 4.24. The first-order valence-corrected chi connectivity index (χ1v) is 11.6. The lowest BCUT2D eigenvalue weighted by atomic mass is 9.87. The number of benzene rings is 3. The van der Waals surface area contributed by atoms with Gasteiger partial charge in [-0.3, -0.25) is 10.1 Å². The van der Waals surface area contributed by atoms with Crippen molar-refractivity contribution in [1.29, 1.82) is 0 Å². The number of fused-ring (bicyclic) bond motifs is 1. The van der Waals surface area contributed by atoms with Gasteiger partial charge in [0.05, 0.1) is 22.2 Å². The summed E-state index contributed by atoms with van der Waals surface area (Å²) in [5.41, 5.74) is 2.13. The molecule has 2 N–H and O–H groups in total. The van der Waals surface area contributed by atoms with E-state index in [1.54, 1.807) is 0 Å². The van der Waals surface area contributed by atoms with E-state index in [-0.39, 0.29) is 17.1 Å². The quantitative estimate of drug-likeness (QED) is 0.215. The first-order chi connectivity index (χ1) is 17.5. The van der Waals surface area contributed by atoms with Gasteiger partial charge in [-0.15, -0.1) is 0 Å². The molecule has 1 atom stereocenters. The third-order valence-electron chi connectivity index (χ3n) is 6.18. The number of alkyl halides is 3. The number of rotatable bonds is 6. The maximum atomic E-state index is 12.8. The second-order valence-corrected chi connectivity index (χ2v) is 8.66. The van der Waals surface area contributed by atoms with Crippen molar-refractivity contribution in [3.63, 3.8) is 0 Å². The van der Waals surface area contributed by atoms with Gasteiger partial charge in [0.2, 0.25) is 0 Å². The molecule has 4 rings (SSSR count). The monoisotopic (exact) mass is 519 g/mol. The number of aromatic carboxylic acids is 1. The summed E-state index contributed by atoms with van der Waals surface area (Å²) in [5.74, 6) is -1.39. The van der Waals surface area contributed by atoms with Crippen LogP contribution >= 0.6 is 0 Å². The lowest BCUT2D eigenvalue weighted by Gasteiger charge is -2.17. The first kappa shape index (κ1) is 27.8. The maximum absolute atomic E-state index is 12.8. The van der Waals surface area contributed by atoms with Gasteiger partial charge in [-0.2, -0.15) is 13.2 Å². The number of nitro groups is 1. The molecule has 1 unspecified atom stereocenters. The van der Waals surface area contributed by atoms with Crippen molar-refractivity contribution in [2.45, 2.75) is 50.8 Å². The van der Waals surface area contributed by atoms with Crippen LogP contribution in [0.2, 0.25) is 0 Å². The van der Waals surface area contributed by atoms with Gasteiger partial charge < -0.3 is 10.2 Å². The number of halogens is 4. The zero-order valence-corrected chi connectivity index (χ0v) is 19.7. The van der Waals surface area contributed by atoms with E-state index in [1.807, 2.05) is 0 Å². The Labute approximate surface area is 210 Å². The number of carboxylic acids is 1. The van der Waals surface area contributed by atoms with Crippen LogP contribution in [0, 0.1) is 15.9 Å². The molecular formula is C27H25F4NO5. The number of hydrogen-bond acceptors (Lipinski definition) is 4. The van der Waals surface area contributed by atoms with E-state index in [2.05, 4.69) is 0 Å². The zero-order valence-electron chi connectivity index (χ0n) is 19.7. The molecule has 0 saturated heterocycles. The Balaban J connectivity index is 0.000000213. The summed E-state index contributed by atoms with van der Waals surface area (Å²) in [5, 5.41) is 29.8. The molecule has 1 aliphatic rings. The molecule has 6 nitrogen and oxygen atoms in total. The van der Waals surface area contributed by atoms with E-state index in [4.69, 9.17) is 5.11 Å². The third-order valence-corrected chi connectivity index (χ3v) is 6.18. The highest BCUT2D eigenvalue weighted by Gasteiger charge is 2.30. The summed E-state index contributed by atoms with van der Waals surface area (Å²) < 4.78 is 50.0. The molecule has 196 valence electrons. The summed E-state index contributed by atoms with van der Waals surface area (Å²) in [6, 6.07) is 13.0. The standard InChI is InChI=1S/C16H14F4O.C11H11NO4/c17-14-8-4-12(5-9-14)15(21)10-3-11-1-6-13(7-2-11)16(18,19)20;13-11(14)9-5-6-10(12(15)16)8-4-2-1-3-7(8)9/h1-2,4-9,15,21H,3,10H2;5-6H,1-4H2,(H,13,14). The van der Waals surface area contributed by atoms with Gasteiger partial charge in [0.1, 0.15) is 5.82 Å². The van der Waals surface area contributed by atoms with E-state index in [0.29, 0.717) is 47.9 Å². The molecule has 0 spiro atoms. The highest BCUT2D eigenvalue weighted by molar-refractivity contribution is 5.90. The molecule has 0 aliphatic heterocycles. The van der Waals surface area contributed by atoms with E-state index in [9.17, 15) is 37.6 Å². The van der Waals surface area contributed by atoms with E-state index < -0.39 is 28.7 Å². The van der Waals surface area contributed by atoms with Crippen LogP contribution in [0.15, 0.2) is 60.7 Å². The maximum Gasteiger partial charge on any atom is 0.416 e. The van der Waals surface area contributed by atoms with Crippen LogP contribution in [0.1, 0.15) is 63.5 Å². The molecule has 3 aromatic carbocycles. The molecule has 0 radical (unpaired) electrons. The molecule has 1 aliphatic carbocycles. The van der Waals surface area contributed by atoms with Crippen LogP contribution in [0.4, 0.5) is 23.2 Å². The SMILES string of the molecule is O=C(O)c1ccc([N+](=O)[O-])c2c1CCCC2.OC(CCc1ccc(C(F)(F)F)cc1)c1ccc(F)cc1. The first-order valence-electron chi connectivity index (χ1n) is 11.6. The molecule has 3 aromatic rings. The van der Waals surface area contributed by atoms with Crippen molar-refractivity contribution in [2.24, 2.45) is 0 Å². The Morgan fingerprint density at radius 3 is 2.08 bits per heavy atom. The molecule has 0 bridgehead atoms. The fraction of sp³-hybridized carbons (Fsp3) is 0.296. The van der Waals surface area contributed by atoms with Gasteiger partial charge in [0.25, 0.3) is 5.69 Å². The molecular weight excluding hydrogens is 494 g/mol. The minimum Gasteiger partial charge on any atom is -0.478 e. The lowest BCUT2D eigenvalue weighted by molar-refractivity contribution is -0.385. The molecule has 0 aromatic heterocycles. The molecule has 37 heavy (non-hydrogen) atoms. The Morgan fingerprint density at radius 1 is 0.946 bits per heavy atom. The van der Waals surface area contributed by atoms with Gasteiger partial charge in [0, 0.05) is 11.6 Å². The van der Waals surface area contributed by atoms with E-state index in [0.717, 1.165) is 25.0 Å². The highest BCUT2D eigenvalue weighted by Crippen LogP contribution is 2.32. The van der Waals surface area contributed by atoms with Gasteiger partial charge in [0.15, 0.2) is 0 Å². The predicted molar refractivity (Wildman–Crippen MR) is 128 cm³/mol. The number of nitrogens with zero attached hydrogens (tertiary/aromatic N) is 1. The Kier molecular flexibility index (Phi) is 8.99. The number of aryl methyl sites for hydroxylation is 1. The van der Waals surface area contributed by atoms with Gasteiger partial charge in [-0.1, -0.05) is 24.3 Å². The smallest absolute Gasteiger partial charge is 0.416 e. The predicted octanol–water partition coefficient (Wildman–Crippen LogP) is 6.68. The molecule has 10 heteroatoms. The third kappa shape index (κ3) is 7.36.